The lowest BCUT2D eigenvalue weighted by molar-refractivity contribution is 0.224. The van der Waals surface area contributed by atoms with E-state index in [4.69, 9.17) is 26.0 Å². The van der Waals surface area contributed by atoms with Gasteiger partial charge in [0.2, 0.25) is 5.70 Å². The number of hydrogen-bond acceptors (Lipinski definition) is 7. The molecule has 2 atom stereocenters. The lowest BCUT2D eigenvalue weighted by atomic mass is 9.94. The molecular formula is C76H100N6O2S2. The number of nitrogens with one attached hydrogen (secondary N) is 2. The zero-order valence-electron chi connectivity index (χ0n) is 52.9. The number of aromatic nitrogens is 4. The molecule has 8 nitrogen and oxygen atoms in total. The summed E-state index contributed by atoms with van der Waals surface area (Å²) in [5.41, 5.74) is 6.02. The smallest absolute Gasteiger partial charge is 0.245 e. The average Bonchev–Trinajstić information content (AvgIpc) is 1.63. The van der Waals surface area contributed by atoms with Gasteiger partial charge < -0.3 is 19.4 Å². The van der Waals surface area contributed by atoms with Gasteiger partial charge in [-0.05, 0) is 121 Å². The number of hydrogen-bond donors (Lipinski definition) is 2. The van der Waals surface area contributed by atoms with E-state index in [1.54, 1.807) is 0 Å². The largest absolute Gasteiger partial charge is 0.493 e. The quantitative estimate of drug-likeness (QED) is 0.0293. The Hall–Kier alpha value is -6.20. The van der Waals surface area contributed by atoms with E-state index in [-0.39, 0.29) is 0 Å². The maximum atomic E-state index is 11.4. The fourth-order valence-electron chi connectivity index (χ4n) is 12.5. The molecule has 2 unspecified atom stereocenters. The van der Waals surface area contributed by atoms with Crippen LogP contribution in [0.1, 0.15) is 243 Å². The summed E-state index contributed by atoms with van der Waals surface area (Å²) in [5.74, 6) is 2.75. The van der Waals surface area contributed by atoms with Gasteiger partial charge >= 0.3 is 0 Å². The number of aromatic amines is 2. The Morgan fingerprint density at radius 2 is 0.814 bits per heavy atom. The van der Waals surface area contributed by atoms with Crippen molar-refractivity contribution < 1.29 is 9.47 Å². The molecule has 2 N–H and O–H groups in total. The highest BCUT2D eigenvalue weighted by Crippen LogP contribution is 2.36. The third-order valence-electron chi connectivity index (χ3n) is 17.6. The van der Waals surface area contributed by atoms with E-state index in [9.17, 15) is 5.26 Å². The second-order valence-corrected chi connectivity index (χ2v) is 26.5. The molecule has 0 aliphatic carbocycles. The molecule has 0 saturated heterocycles. The van der Waals surface area contributed by atoms with Crippen LogP contribution in [0.5, 0.6) is 11.5 Å². The second kappa shape index (κ2) is 36.8. The maximum absolute atomic E-state index is 11.4. The number of para-hydroxylation sites is 2. The molecule has 0 spiro atoms. The highest BCUT2D eigenvalue weighted by molar-refractivity contribution is 7.20. The van der Waals surface area contributed by atoms with Gasteiger partial charge in [-0.25, -0.2) is 14.8 Å². The summed E-state index contributed by atoms with van der Waals surface area (Å²) in [5, 5.41) is 15.6. The minimum Gasteiger partial charge on any atom is -0.493 e. The Labute approximate surface area is 524 Å². The number of nitriles is 1. The van der Waals surface area contributed by atoms with Crippen LogP contribution in [0.15, 0.2) is 97.1 Å². The minimum atomic E-state index is 0.424. The average molecular weight is 1190 g/mol. The van der Waals surface area contributed by atoms with Crippen LogP contribution in [0.25, 0.3) is 69.8 Å². The van der Waals surface area contributed by atoms with Crippen molar-refractivity contribution in [3.05, 3.63) is 129 Å². The monoisotopic (exact) mass is 1190 g/mol. The van der Waals surface area contributed by atoms with Crippen molar-refractivity contribution >= 4 is 65.1 Å². The molecule has 458 valence electrons. The first-order chi connectivity index (χ1) is 42.5. The van der Waals surface area contributed by atoms with Gasteiger partial charge in [0, 0.05) is 10.8 Å². The summed E-state index contributed by atoms with van der Waals surface area (Å²) >= 11 is 3.04. The Morgan fingerprint density at radius 3 is 1.20 bits per heavy atom. The Morgan fingerprint density at radius 1 is 0.465 bits per heavy atom. The summed E-state index contributed by atoms with van der Waals surface area (Å²) in [6.45, 7) is 19.5. The van der Waals surface area contributed by atoms with E-state index < -0.39 is 0 Å². The predicted octanol–water partition coefficient (Wildman–Crippen LogP) is 22.4. The molecule has 0 radical (unpaired) electrons. The molecule has 0 bridgehead atoms. The highest BCUT2D eigenvalue weighted by Gasteiger charge is 2.25. The molecule has 8 rings (SSSR count). The fraction of sp³-hybridized carbons (Fsp3) is 0.526. The number of unbranched alkanes of at least 4 members (excludes halogenated alkanes) is 24. The third-order valence-corrected chi connectivity index (χ3v) is 19.7. The molecule has 0 aliphatic rings. The van der Waals surface area contributed by atoms with E-state index >= 15 is 0 Å². The number of nitrogens with zero attached hydrogens (tertiary/aromatic N) is 4. The van der Waals surface area contributed by atoms with Gasteiger partial charge in [0.05, 0.1) is 62.3 Å². The van der Waals surface area contributed by atoms with Gasteiger partial charge in [-0.15, -0.1) is 22.7 Å². The molecule has 4 aromatic carbocycles. The number of thiazole rings is 2. The van der Waals surface area contributed by atoms with E-state index in [1.165, 1.54) is 228 Å². The van der Waals surface area contributed by atoms with Gasteiger partial charge in [0.25, 0.3) is 0 Å². The summed E-state index contributed by atoms with van der Waals surface area (Å²) in [6.07, 6.45) is 41.7. The standard InChI is InChI=1S/C76H100N6O2S2/c1-6-10-14-18-22-24-28-32-40-57(38-30-26-20-16-12-8-3)55-83-61-50-46-59(47-51-61)70-68-69(73(82-70)74(78-5)76-80-65-43-35-37-45-67(65)86-76)71(81-72(68)63(54-77)75-79-64-42-34-36-44-66(64)85-75)60-48-52-62(53-49-60)84-56-58(39-31-27-21-17-13-9-4)41-33-29-25-23-19-15-11-7-2/h34-37,42-53,57-58,81-82H,6-33,38-41,55-56H2,1-4H3/b72-63-,74-73+. The molecule has 0 aliphatic heterocycles. The molecule has 0 fully saturated rings. The molecule has 4 heterocycles. The van der Waals surface area contributed by atoms with E-state index in [0.29, 0.717) is 57.0 Å². The van der Waals surface area contributed by atoms with Crippen LogP contribution < -0.4 is 20.2 Å². The minimum absolute atomic E-state index is 0.424. The SMILES string of the molecule is [C-]#[N+]/C(c1nc2ccccc2s1)=c1/[nH]c(-c2ccc(OCC(CCCCCCCC)CCCCCCCCCC)cc2)c2/c(=C(\C#N)c3nc4ccccc4s3)[nH]c(-c3ccc(OCC(CCCCCCCC)CCCCCCCCCC)cc3)c12. The van der Waals surface area contributed by atoms with Gasteiger partial charge in [-0.1, -0.05) is 232 Å². The van der Waals surface area contributed by atoms with Crippen molar-refractivity contribution in [2.75, 3.05) is 13.2 Å². The third kappa shape index (κ3) is 19.4. The fourth-order valence-corrected chi connectivity index (χ4v) is 14.4. The van der Waals surface area contributed by atoms with Crippen molar-refractivity contribution in [1.82, 2.24) is 19.9 Å². The molecule has 8 aromatic rings. The molecule has 4 aromatic heterocycles. The first-order valence-corrected chi connectivity index (χ1v) is 35.6. The van der Waals surface area contributed by atoms with Crippen LogP contribution >= 0.6 is 22.7 Å². The number of ether oxygens (including phenoxy) is 2. The summed E-state index contributed by atoms with van der Waals surface area (Å²) in [4.78, 5) is 22.1. The molecular weight excluding hydrogens is 1090 g/mol. The number of fused-ring (bicyclic) bond motifs is 3. The topological polar surface area (TPSA) is 104 Å². The van der Waals surface area contributed by atoms with E-state index in [1.807, 2.05) is 36.4 Å². The first kappa shape index (κ1) is 65.8. The van der Waals surface area contributed by atoms with Crippen LogP contribution in [0.4, 0.5) is 0 Å². The van der Waals surface area contributed by atoms with E-state index in [2.05, 4.69) is 109 Å². The Balaban J connectivity index is 1.14. The predicted molar refractivity (Wildman–Crippen MR) is 368 cm³/mol. The number of benzene rings is 4. The van der Waals surface area contributed by atoms with Gasteiger partial charge in [0.15, 0.2) is 0 Å². The number of H-pyrrole nitrogens is 2. The summed E-state index contributed by atoms with van der Waals surface area (Å²) in [7, 11) is 0. The molecule has 86 heavy (non-hydrogen) atoms. The van der Waals surface area contributed by atoms with Crippen LogP contribution in [0.3, 0.4) is 0 Å². The lowest BCUT2D eigenvalue weighted by Gasteiger charge is -2.18. The second-order valence-electron chi connectivity index (χ2n) is 24.5. The van der Waals surface area contributed by atoms with Crippen molar-refractivity contribution in [3.63, 3.8) is 0 Å². The normalized spacial score (nSPS) is 13.1. The van der Waals surface area contributed by atoms with Gasteiger partial charge in [0.1, 0.15) is 33.2 Å². The first-order valence-electron chi connectivity index (χ1n) is 33.9. The summed E-state index contributed by atoms with van der Waals surface area (Å²) < 4.78 is 15.5. The Bertz CT molecular complexity index is 3160. The van der Waals surface area contributed by atoms with Crippen molar-refractivity contribution in [3.8, 4) is 40.1 Å². The van der Waals surface area contributed by atoms with Crippen LogP contribution in [0.2, 0.25) is 0 Å². The van der Waals surface area contributed by atoms with E-state index in [0.717, 1.165) is 65.2 Å². The van der Waals surface area contributed by atoms with Crippen molar-refractivity contribution in [1.29, 1.82) is 5.26 Å². The number of rotatable bonds is 42. The zero-order chi connectivity index (χ0) is 60.0. The van der Waals surface area contributed by atoms with Gasteiger partial charge in [-0.3, -0.25) is 0 Å². The molecule has 10 heteroatoms. The zero-order valence-corrected chi connectivity index (χ0v) is 54.5. The van der Waals surface area contributed by atoms with Crippen molar-refractivity contribution in [2.24, 2.45) is 11.8 Å². The summed E-state index contributed by atoms with van der Waals surface area (Å²) in [6, 6.07) is 35.7. The van der Waals surface area contributed by atoms with Crippen molar-refractivity contribution in [2.45, 2.75) is 233 Å². The van der Waals surface area contributed by atoms with Gasteiger partial charge in [-0.2, -0.15) is 5.26 Å². The van der Waals surface area contributed by atoms with Crippen LogP contribution in [-0.2, 0) is 0 Å². The highest BCUT2D eigenvalue weighted by atomic mass is 32.1. The molecule has 0 saturated carbocycles. The van der Waals surface area contributed by atoms with Crippen LogP contribution in [-0.4, -0.2) is 33.1 Å². The lowest BCUT2D eigenvalue weighted by Crippen LogP contribution is -2.13. The maximum Gasteiger partial charge on any atom is 0.245 e. The van der Waals surface area contributed by atoms with Crippen LogP contribution in [0, 0.1) is 29.7 Å². The Kier molecular flexibility index (Phi) is 28.2. The molecule has 0 amide bonds.